The Balaban J connectivity index is 1.20. The van der Waals surface area contributed by atoms with Crippen LogP contribution in [0.3, 0.4) is 0 Å². The first-order chi connectivity index (χ1) is 16.3. The molecule has 0 aliphatic carbocycles. The second-order valence-corrected chi connectivity index (χ2v) is 8.07. The van der Waals surface area contributed by atoms with E-state index in [2.05, 4.69) is 25.4 Å². The second kappa shape index (κ2) is 12.4. The summed E-state index contributed by atoms with van der Waals surface area (Å²) < 4.78 is 16.7. The zero-order valence-corrected chi connectivity index (χ0v) is 19.0. The number of urea groups is 1. The molecule has 9 heteroatoms. The van der Waals surface area contributed by atoms with Crippen LogP contribution in [0.4, 0.5) is 10.6 Å². The molecule has 2 amide bonds. The van der Waals surface area contributed by atoms with Gasteiger partial charge in [0, 0.05) is 57.6 Å². The van der Waals surface area contributed by atoms with E-state index in [1.807, 2.05) is 36.4 Å². The molecule has 9 nitrogen and oxygen atoms in total. The summed E-state index contributed by atoms with van der Waals surface area (Å²) in [5.74, 6) is 1.72. The summed E-state index contributed by atoms with van der Waals surface area (Å²) in [6, 6.07) is 11.5. The van der Waals surface area contributed by atoms with Gasteiger partial charge in [0.05, 0.1) is 26.4 Å². The normalized spacial score (nSPS) is 16.9. The van der Waals surface area contributed by atoms with Crippen LogP contribution >= 0.6 is 0 Å². The molecular weight excluding hydrogens is 422 g/mol. The standard InChI is InChI=1S/C24H33N5O4/c30-24(27-19-21-4-2-6-25-23(21)29-10-14-32-15-11-29)26-18-20-3-1-5-22(17-20)33-16-9-28-7-12-31-13-8-28/h1-6,17H,7-16,18-19H2,(H2,26,27,30). The summed E-state index contributed by atoms with van der Waals surface area (Å²) >= 11 is 0. The van der Waals surface area contributed by atoms with E-state index >= 15 is 0 Å². The monoisotopic (exact) mass is 455 g/mol. The lowest BCUT2D eigenvalue weighted by Gasteiger charge is -2.29. The molecule has 2 aliphatic rings. The van der Waals surface area contributed by atoms with Gasteiger partial charge < -0.3 is 29.7 Å². The minimum absolute atomic E-state index is 0.217. The van der Waals surface area contributed by atoms with E-state index in [0.717, 1.165) is 68.6 Å². The first-order valence-electron chi connectivity index (χ1n) is 11.6. The van der Waals surface area contributed by atoms with E-state index in [0.29, 0.717) is 32.9 Å². The van der Waals surface area contributed by atoms with Crippen LogP contribution < -0.4 is 20.3 Å². The Morgan fingerprint density at radius 3 is 2.55 bits per heavy atom. The van der Waals surface area contributed by atoms with E-state index in [-0.39, 0.29) is 6.03 Å². The van der Waals surface area contributed by atoms with Gasteiger partial charge in [-0.1, -0.05) is 18.2 Å². The maximum atomic E-state index is 12.4. The van der Waals surface area contributed by atoms with Crippen molar-refractivity contribution in [3.63, 3.8) is 0 Å². The highest BCUT2D eigenvalue weighted by Gasteiger charge is 2.16. The number of hydrogen-bond donors (Lipinski definition) is 2. The van der Waals surface area contributed by atoms with Crippen molar-refractivity contribution in [2.45, 2.75) is 13.1 Å². The number of carbonyl (C=O) groups excluding carboxylic acids is 1. The van der Waals surface area contributed by atoms with Crippen LogP contribution in [0.15, 0.2) is 42.6 Å². The summed E-state index contributed by atoms with van der Waals surface area (Å²) in [6.45, 7) is 8.85. The average Bonchev–Trinajstić information content (AvgIpc) is 2.88. The van der Waals surface area contributed by atoms with Crippen molar-refractivity contribution >= 4 is 11.8 Å². The molecule has 33 heavy (non-hydrogen) atoms. The highest BCUT2D eigenvalue weighted by molar-refractivity contribution is 5.74. The number of amides is 2. The van der Waals surface area contributed by atoms with Crippen molar-refractivity contribution in [1.82, 2.24) is 20.5 Å². The minimum atomic E-state index is -0.217. The zero-order valence-electron chi connectivity index (χ0n) is 19.0. The molecule has 0 atom stereocenters. The van der Waals surface area contributed by atoms with Crippen molar-refractivity contribution < 1.29 is 19.0 Å². The summed E-state index contributed by atoms with van der Waals surface area (Å²) in [5, 5.41) is 5.86. The van der Waals surface area contributed by atoms with E-state index < -0.39 is 0 Å². The third-order valence-corrected chi connectivity index (χ3v) is 5.75. The Bertz CT molecular complexity index is 885. The van der Waals surface area contributed by atoms with Gasteiger partial charge >= 0.3 is 6.03 Å². The van der Waals surface area contributed by atoms with Crippen molar-refractivity contribution in [3.05, 3.63) is 53.7 Å². The number of anilines is 1. The highest BCUT2D eigenvalue weighted by Crippen LogP contribution is 2.18. The topological polar surface area (TPSA) is 88.2 Å². The number of benzene rings is 1. The highest BCUT2D eigenvalue weighted by atomic mass is 16.5. The predicted octanol–water partition coefficient (Wildman–Crippen LogP) is 1.63. The zero-order chi connectivity index (χ0) is 22.7. The smallest absolute Gasteiger partial charge is 0.315 e. The van der Waals surface area contributed by atoms with Gasteiger partial charge in [-0.05, 0) is 23.8 Å². The largest absolute Gasteiger partial charge is 0.492 e. The van der Waals surface area contributed by atoms with Crippen LogP contribution in [0, 0.1) is 0 Å². The van der Waals surface area contributed by atoms with Gasteiger partial charge in [0.2, 0.25) is 0 Å². The number of carbonyl (C=O) groups is 1. The van der Waals surface area contributed by atoms with Crippen LogP contribution in [0.5, 0.6) is 5.75 Å². The number of pyridine rings is 1. The van der Waals surface area contributed by atoms with Crippen molar-refractivity contribution in [1.29, 1.82) is 0 Å². The van der Waals surface area contributed by atoms with Crippen LogP contribution in [0.2, 0.25) is 0 Å². The Labute approximate surface area is 195 Å². The number of rotatable bonds is 9. The number of morpholine rings is 2. The van der Waals surface area contributed by atoms with Crippen LogP contribution in [-0.2, 0) is 22.6 Å². The number of ether oxygens (including phenoxy) is 3. The van der Waals surface area contributed by atoms with Crippen LogP contribution in [0.25, 0.3) is 0 Å². The van der Waals surface area contributed by atoms with E-state index in [1.54, 1.807) is 6.20 Å². The molecule has 0 saturated carbocycles. The molecule has 2 fully saturated rings. The van der Waals surface area contributed by atoms with E-state index in [4.69, 9.17) is 14.2 Å². The van der Waals surface area contributed by atoms with Gasteiger partial charge in [-0.25, -0.2) is 9.78 Å². The van der Waals surface area contributed by atoms with Crippen LogP contribution in [-0.4, -0.2) is 81.7 Å². The first-order valence-corrected chi connectivity index (χ1v) is 11.6. The van der Waals surface area contributed by atoms with Gasteiger partial charge in [0.15, 0.2) is 0 Å². The molecule has 0 spiro atoms. The molecular formula is C24H33N5O4. The second-order valence-electron chi connectivity index (χ2n) is 8.07. The van der Waals surface area contributed by atoms with Gasteiger partial charge in [-0.3, -0.25) is 4.90 Å². The molecule has 2 aliphatic heterocycles. The Morgan fingerprint density at radius 2 is 1.73 bits per heavy atom. The molecule has 178 valence electrons. The number of aromatic nitrogens is 1. The number of nitrogens with one attached hydrogen (secondary N) is 2. The third-order valence-electron chi connectivity index (χ3n) is 5.75. The van der Waals surface area contributed by atoms with Crippen LogP contribution in [0.1, 0.15) is 11.1 Å². The minimum Gasteiger partial charge on any atom is -0.492 e. The SMILES string of the molecule is O=C(NCc1cccc(OCCN2CCOCC2)c1)NCc1cccnc1N1CCOCC1. The summed E-state index contributed by atoms with van der Waals surface area (Å²) in [7, 11) is 0. The number of hydrogen-bond acceptors (Lipinski definition) is 7. The first kappa shape index (κ1) is 23.3. The summed E-state index contributed by atoms with van der Waals surface area (Å²) in [6.07, 6.45) is 1.78. The Morgan fingerprint density at radius 1 is 0.970 bits per heavy atom. The molecule has 2 N–H and O–H groups in total. The molecule has 0 unspecified atom stereocenters. The molecule has 4 rings (SSSR count). The molecule has 1 aromatic heterocycles. The summed E-state index contributed by atoms with van der Waals surface area (Å²) in [4.78, 5) is 21.4. The molecule has 2 aromatic rings. The van der Waals surface area contributed by atoms with Crippen molar-refractivity contribution in [2.75, 3.05) is 70.7 Å². The van der Waals surface area contributed by atoms with Crippen molar-refractivity contribution in [2.24, 2.45) is 0 Å². The predicted molar refractivity (Wildman–Crippen MR) is 126 cm³/mol. The average molecular weight is 456 g/mol. The van der Waals surface area contributed by atoms with Crippen molar-refractivity contribution in [3.8, 4) is 5.75 Å². The number of nitrogens with zero attached hydrogens (tertiary/aromatic N) is 3. The maximum Gasteiger partial charge on any atom is 0.315 e. The fraction of sp³-hybridized carbons (Fsp3) is 0.500. The fourth-order valence-corrected chi connectivity index (χ4v) is 3.91. The molecule has 3 heterocycles. The lowest BCUT2D eigenvalue weighted by atomic mass is 10.2. The Hall–Kier alpha value is -2.88. The lowest BCUT2D eigenvalue weighted by molar-refractivity contribution is 0.0322. The van der Waals surface area contributed by atoms with Gasteiger partial charge in [-0.15, -0.1) is 0 Å². The summed E-state index contributed by atoms with van der Waals surface area (Å²) in [5.41, 5.74) is 1.98. The van der Waals surface area contributed by atoms with E-state index in [1.165, 1.54) is 0 Å². The van der Waals surface area contributed by atoms with E-state index in [9.17, 15) is 4.79 Å². The Kier molecular flexibility index (Phi) is 8.74. The fourth-order valence-electron chi connectivity index (χ4n) is 3.91. The quantitative estimate of drug-likeness (QED) is 0.594. The third kappa shape index (κ3) is 7.31. The molecule has 2 saturated heterocycles. The van der Waals surface area contributed by atoms with Gasteiger partial charge in [0.1, 0.15) is 18.2 Å². The van der Waals surface area contributed by atoms with Gasteiger partial charge in [-0.2, -0.15) is 0 Å². The maximum absolute atomic E-state index is 12.4. The molecule has 0 radical (unpaired) electrons. The molecule has 1 aromatic carbocycles. The lowest BCUT2D eigenvalue weighted by Crippen LogP contribution is -2.38. The van der Waals surface area contributed by atoms with Gasteiger partial charge in [0.25, 0.3) is 0 Å². The molecule has 0 bridgehead atoms.